The van der Waals surface area contributed by atoms with Crippen molar-refractivity contribution >= 4 is 50.0 Å². The lowest BCUT2D eigenvalue weighted by molar-refractivity contribution is -0.140. The number of anilines is 1. The van der Waals surface area contributed by atoms with Crippen LogP contribution in [0.25, 0.3) is 43.5 Å². The molecule has 4 heterocycles. The second kappa shape index (κ2) is 10.3. The van der Waals surface area contributed by atoms with E-state index in [2.05, 4.69) is 15.4 Å². The molecule has 0 fully saturated rings. The zero-order chi connectivity index (χ0) is 30.6. The summed E-state index contributed by atoms with van der Waals surface area (Å²) < 4.78 is 43.3. The number of para-hydroxylation sites is 1. The number of halogens is 3. The molecule has 0 saturated heterocycles. The Morgan fingerprint density at radius 3 is 2.35 bits per heavy atom. The fourth-order valence-corrected chi connectivity index (χ4v) is 6.04. The first-order chi connectivity index (χ1) is 20.4. The van der Waals surface area contributed by atoms with Crippen molar-refractivity contribution in [3.05, 3.63) is 94.3 Å². The molecule has 0 aliphatic rings. The number of pyridine rings is 2. The molecular weight excluding hydrogens is 577 g/mol. The van der Waals surface area contributed by atoms with Gasteiger partial charge in [-0.2, -0.15) is 18.3 Å². The van der Waals surface area contributed by atoms with Crippen molar-refractivity contribution < 1.29 is 22.8 Å². The number of nitrogens with one attached hydrogen (secondary N) is 1. The minimum atomic E-state index is -4.75. The summed E-state index contributed by atoms with van der Waals surface area (Å²) in [7, 11) is 1.78. The summed E-state index contributed by atoms with van der Waals surface area (Å²) in [6, 6.07) is 16.5. The lowest BCUT2D eigenvalue weighted by Crippen LogP contribution is -2.17. The summed E-state index contributed by atoms with van der Waals surface area (Å²) in [5.41, 5.74) is 8.83. The normalized spacial score (nSPS) is 11.8. The summed E-state index contributed by atoms with van der Waals surface area (Å²) in [5, 5.41) is 7.91. The zero-order valence-electron chi connectivity index (χ0n) is 23.1. The Bertz CT molecular complexity index is 2080. The highest BCUT2D eigenvalue weighted by molar-refractivity contribution is 7.21. The number of alkyl halides is 3. The number of aromatic nitrogens is 4. The molecule has 216 valence electrons. The molecule has 0 spiro atoms. The van der Waals surface area contributed by atoms with E-state index in [1.54, 1.807) is 72.5 Å². The van der Waals surface area contributed by atoms with Gasteiger partial charge in [-0.25, -0.2) is 9.97 Å². The molecule has 43 heavy (non-hydrogen) atoms. The number of rotatable bonds is 5. The largest absolute Gasteiger partial charge is 0.433 e. The summed E-state index contributed by atoms with van der Waals surface area (Å²) in [4.78, 5) is 35.0. The molecule has 12 heteroatoms. The highest BCUT2D eigenvalue weighted by Gasteiger charge is 2.35. The van der Waals surface area contributed by atoms with Crippen molar-refractivity contribution in [2.75, 3.05) is 5.32 Å². The van der Waals surface area contributed by atoms with Gasteiger partial charge in [-0.15, -0.1) is 11.3 Å². The fourth-order valence-electron chi connectivity index (χ4n) is 5.03. The number of nitrogens with two attached hydrogens (primary N) is 1. The first-order valence-corrected chi connectivity index (χ1v) is 13.9. The quantitative estimate of drug-likeness (QED) is 0.223. The summed E-state index contributed by atoms with van der Waals surface area (Å²) in [6.45, 7) is 3.69. The maximum atomic E-state index is 14.0. The number of hydrogen-bond acceptors (Lipinski definition) is 6. The van der Waals surface area contributed by atoms with E-state index in [1.807, 2.05) is 13.8 Å². The predicted octanol–water partition coefficient (Wildman–Crippen LogP) is 6.90. The lowest BCUT2D eigenvalue weighted by Gasteiger charge is -2.14. The number of fused-ring (bicyclic) bond motifs is 2. The molecule has 0 aliphatic carbocycles. The van der Waals surface area contributed by atoms with Crippen LogP contribution in [-0.4, -0.2) is 31.6 Å². The number of thiophene rings is 1. The fraction of sp³-hybridized carbons (Fsp3) is 0.129. The van der Waals surface area contributed by atoms with Gasteiger partial charge in [0.15, 0.2) is 0 Å². The Morgan fingerprint density at radius 2 is 1.70 bits per heavy atom. The molecule has 0 aliphatic heterocycles. The van der Waals surface area contributed by atoms with Crippen molar-refractivity contribution in [2.24, 2.45) is 12.8 Å². The summed E-state index contributed by atoms with van der Waals surface area (Å²) in [6.07, 6.45) is -2.95. The second-order valence-electron chi connectivity index (χ2n) is 10.1. The van der Waals surface area contributed by atoms with Crippen LogP contribution in [0.4, 0.5) is 18.9 Å². The van der Waals surface area contributed by atoms with E-state index < -0.39 is 23.7 Å². The SMILES string of the molecule is Cc1ccc(-c2cc(C(F)(F)F)nc3sc(C(N)=O)c(NC(=O)c4cc(-c5cn(C)nc5C)nc5ccccc45)c23)cc1. The second-order valence-corrected chi connectivity index (χ2v) is 11.1. The molecule has 6 aromatic rings. The number of amides is 2. The number of primary amides is 1. The molecule has 0 bridgehead atoms. The zero-order valence-corrected chi connectivity index (χ0v) is 23.9. The van der Waals surface area contributed by atoms with Gasteiger partial charge in [0, 0.05) is 29.6 Å². The van der Waals surface area contributed by atoms with E-state index in [4.69, 9.17) is 10.7 Å². The standard InChI is InChI=1S/C31H23F3N6O2S/c1-15-8-10-17(11-9-15)19-13-24(31(32,33)34)37-30-25(19)26(27(43-30)28(35)41)38-29(42)20-12-23(21-14-40(3)39-16(21)2)36-22-7-5-4-6-18(20)22/h4-14H,1-3H3,(H2,35,41)(H,38,42). The first kappa shape index (κ1) is 28.0. The number of aryl methyl sites for hydroxylation is 3. The topological polar surface area (TPSA) is 116 Å². The first-order valence-electron chi connectivity index (χ1n) is 13.0. The number of carbonyl (C=O) groups excluding carboxylic acids is 2. The van der Waals surface area contributed by atoms with Crippen molar-refractivity contribution in [3.63, 3.8) is 0 Å². The Labute approximate surface area is 247 Å². The maximum Gasteiger partial charge on any atom is 0.433 e. The molecule has 2 amide bonds. The van der Waals surface area contributed by atoms with E-state index in [1.165, 1.54) is 0 Å². The Balaban J connectivity index is 1.57. The molecule has 0 unspecified atom stereocenters. The van der Waals surface area contributed by atoms with Crippen LogP contribution in [0, 0.1) is 13.8 Å². The Hall–Kier alpha value is -5.10. The molecule has 6 rings (SSSR count). The van der Waals surface area contributed by atoms with E-state index in [0.717, 1.165) is 17.2 Å². The Morgan fingerprint density at radius 1 is 0.977 bits per heavy atom. The number of carbonyl (C=O) groups is 2. The van der Waals surface area contributed by atoms with Gasteiger partial charge in [-0.3, -0.25) is 14.3 Å². The van der Waals surface area contributed by atoms with Gasteiger partial charge in [-0.1, -0.05) is 48.0 Å². The molecule has 8 nitrogen and oxygen atoms in total. The van der Waals surface area contributed by atoms with Crippen molar-refractivity contribution in [3.8, 4) is 22.4 Å². The highest BCUT2D eigenvalue weighted by atomic mass is 32.1. The number of hydrogen-bond donors (Lipinski definition) is 2. The van der Waals surface area contributed by atoms with E-state index in [-0.39, 0.29) is 31.9 Å². The van der Waals surface area contributed by atoms with E-state index >= 15 is 0 Å². The van der Waals surface area contributed by atoms with Gasteiger partial charge in [0.25, 0.3) is 11.8 Å². The van der Waals surface area contributed by atoms with Crippen LogP contribution >= 0.6 is 11.3 Å². The van der Waals surface area contributed by atoms with E-state index in [9.17, 15) is 22.8 Å². The van der Waals surface area contributed by atoms with Gasteiger partial charge in [0.2, 0.25) is 0 Å². The smallest absolute Gasteiger partial charge is 0.365 e. The van der Waals surface area contributed by atoms with Crippen LogP contribution in [0.5, 0.6) is 0 Å². The molecule has 4 aromatic heterocycles. The minimum absolute atomic E-state index is 0.00528. The maximum absolute atomic E-state index is 14.0. The molecule has 3 N–H and O–H groups in total. The third-order valence-electron chi connectivity index (χ3n) is 7.03. The molecule has 0 radical (unpaired) electrons. The van der Waals surface area contributed by atoms with Crippen LogP contribution in [0.3, 0.4) is 0 Å². The predicted molar refractivity (Wildman–Crippen MR) is 160 cm³/mol. The van der Waals surface area contributed by atoms with Crippen LogP contribution in [0.1, 0.15) is 37.0 Å². The van der Waals surface area contributed by atoms with Gasteiger partial charge in [0.05, 0.1) is 28.2 Å². The van der Waals surface area contributed by atoms with Crippen LogP contribution in [0.2, 0.25) is 0 Å². The minimum Gasteiger partial charge on any atom is -0.365 e. The molecule has 0 atom stereocenters. The summed E-state index contributed by atoms with van der Waals surface area (Å²) in [5.74, 6) is -1.51. The highest BCUT2D eigenvalue weighted by Crippen LogP contribution is 2.44. The third-order valence-corrected chi connectivity index (χ3v) is 8.13. The van der Waals surface area contributed by atoms with Crippen LogP contribution < -0.4 is 11.1 Å². The van der Waals surface area contributed by atoms with Crippen LogP contribution in [0.15, 0.2) is 66.9 Å². The monoisotopic (exact) mass is 600 g/mol. The lowest BCUT2D eigenvalue weighted by atomic mass is 9.99. The third kappa shape index (κ3) is 5.10. The van der Waals surface area contributed by atoms with Gasteiger partial charge in [-0.05, 0) is 43.2 Å². The molecular formula is C31H23F3N6O2S. The van der Waals surface area contributed by atoms with Crippen LogP contribution in [-0.2, 0) is 13.2 Å². The summed E-state index contributed by atoms with van der Waals surface area (Å²) >= 11 is 0.696. The molecule has 0 saturated carbocycles. The van der Waals surface area contributed by atoms with Gasteiger partial charge in [0.1, 0.15) is 15.4 Å². The average molecular weight is 601 g/mol. The van der Waals surface area contributed by atoms with Gasteiger partial charge >= 0.3 is 6.18 Å². The van der Waals surface area contributed by atoms with Crippen molar-refractivity contribution in [2.45, 2.75) is 20.0 Å². The Kier molecular flexibility index (Phi) is 6.73. The van der Waals surface area contributed by atoms with Crippen molar-refractivity contribution in [1.29, 1.82) is 0 Å². The van der Waals surface area contributed by atoms with E-state index in [0.29, 0.717) is 39.2 Å². The average Bonchev–Trinajstić information content (AvgIpc) is 3.50. The molecule has 2 aromatic carbocycles. The number of nitrogens with zero attached hydrogens (tertiary/aromatic N) is 4. The van der Waals surface area contributed by atoms with Crippen molar-refractivity contribution in [1.82, 2.24) is 19.7 Å². The van der Waals surface area contributed by atoms with Gasteiger partial charge < -0.3 is 11.1 Å². The number of benzene rings is 2.